The molecule has 5 heteroatoms. The number of halogens is 2. The number of nitrogens with two attached hydrogens (primary N) is 1. The first kappa shape index (κ1) is 14.7. The zero-order valence-corrected chi connectivity index (χ0v) is 11.3. The summed E-state index contributed by atoms with van der Waals surface area (Å²) in [5.41, 5.74) is 9.40. The molecule has 96 valence electrons. The molecule has 0 bridgehead atoms. The first-order valence-corrected chi connectivity index (χ1v) is 5.71. The van der Waals surface area contributed by atoms with Gasteiger partial charge in [0.2, 0.25) is 0 Å². The standard InChI is InChI=1S/C12H17N3.2ClH/c13-11-10-8-15-4-1-9(10)7-12(11)2-5-14-6-3-12;;/h1,4,8,11,14H,2-3,5-7,13H2;2*1H/t11-;;/m1../s1. The molecule has 3 nitrogen and oxygen atoms in total. The summed E-state index contributed by atoms with van der Waals surface area (Å²) in [7, 11) is 0. The van der Waals surface area contributed by atoms with E-state index < -0.39 is 0 Å². The van der Waals surface area contributed by atoms with E-state index in [2.05, 4.69) is 16.4 Å². The van der Waals surface area contributed by atoms with Gasteiger partial charge in [-0.2, -0.15) is 0 Å². The Morgan fingerprint density at radius 3 is 2.65 bits per heavy atom. The van der Waals surface area contributed by atoms with Gasteiger partial charge in [-0.15, -0.1) is 24.8 Å². The Morgan fingerprint density at radius 1 is 1.29 bits per heavy atom. The molecule has 1 aliphatic carbocycles. The summed E-state index contributed by atoms with van der Waals surface area (Å²) in [4.78, 5) is 4.19. The van der Waals surface area contributed by atoms with E-state index in [1.165, 1.54) is 24.0 Å². The summed E-state index contributed by atoms with van der Waals surface area (Å²) in [6, 6.07) is 2.33. The molecule has 1 aliphatic heterocycles. The molecule has 3 rings (SSSR count). The van der Waals surface area contributed by atoms with Crippen LogP contribution in [0.4, 0.5) is 0 Å². The van der Waals surface area contributed by atoms with Gasteiger partial charge in [0.1, 0.15) is 0 Å². The molecule has 1 fully saturated rings. The predicted molar refractivity (Wildman–Crippen MR) is 73.9 cm³/mol. The minimum atomic E-state index is 0. The highest BCUT2D eigenvalue weighted by Gasteiger charge is 2.44. The maximum Gasteiger partial charge on any atom is 0.0374 e. The van der Waals surface area contributed by atoms with Crippen LogP contribution < -0.4 is 11.1 Å². The van der Waals surface area contributed by atoms with Gasteiger partial charge in [-0.3, -0.25) is 4.98 Å². The van der Waals surface area contributed by atoms with Crippen LogP contribution in [0, 0.1) is 5.41 Å². The number of nitrogens with zero attached hydrogens (tertiary/aromatic N) is 1. The van der Waals surface area contributed by atoms with Gasteiger partial charge in [-0.1, -0.05) is 0 Å². The Bertz CT molecular complexity index is 378. The summed E-state index contributed by atoms with van der Waals surface area (Å²) in [5, 5.41) is 3.41. The third-order valence-electron chi connectivity index (χ3n) is 4.08. The predicted octanol–water partition coefficient (Wildman–Crippen LogP) is 1.85. The van der Waals surface area contributed by atoms with Crippen LogP contribution in [-0.4, -0.2) is 18.1 Å². The molecule has 1 spiro atoms. The topological polar surface area (TPSA) is 50.9 Å². The van der Waals surface area contributed by atoms with Crippen molar-refractivity contribution in [3.8, 4) is 0 Å². The normalized spacial score (nSPS) is 24.6. The van der Waals surface area contributed by atoms with E-state index in [1.54, 1.807) is 0 Å². The number of fused-ring (bicyclic) bond motifs is 1. The molecule has 2 aliphatic rings. The van der Waals surface area contributed by atoms with Gasteiger partial charge in [0.15, 0.2) is 0 Å². The highest BCUT2D eigenvalue weighted by molar-refractivity contribution is 5.85. The zero-order chi connectivity index (χ0) is 10.3. The van der Waals surface area contributed by atoms with Crippen LogP contribution in [0.5, 0.6) is 0 Å². The van der Waals surface area contributed by atoms with Crippen molar-refractivity contribution in [3.05, 3.63) is 29.6 Å². The van der Waals surface area contributed by atoms with E-state index in [-0.39, 0.29) is 30.9 Å². The lowest BCUT2D eigenvalue weighted by atomic mass is 9.74. The molecule has 17 heavy (non-hydrogen) atoms. The van der Waals surface area contributed by atoms with Crippen molar-refractivity contribution in [1.82, 2.24) is 10.3 Å². The molecule has 1 saturated heterocycles. The molecule has 0 amide bonds. The summed E-state index contributed by atoms with van der Waals surface area (Å²) in [5.74, 6) is 0. The zero-order valence-electron chi connectivity index (χ0n) is 9.69. The molecule has 0 aromatic carbocycles. The second kappa shape index (κ2) is 5.53. The maximum atomic E-state index is 6.39. The molecule has 0 saturated carbocycles. The fourth-order valence-electron chi connectivity index (χ4n) is 3.11. The van der Waals surface area contributed by atoms with E-state index >= 15 is 0 Å². The van der Waals surface area contributed by atoms with Crippen LogP contribution in [0.25, 0.3) is 0 Å². The first-order chi connectivity index (χ1) is 7.32. The molecular formula is C12H19Cl2N3. The van der Waals surface area contributed by atoms with Gasteiger partial charge in [-0.25, -0.2) is 0 Å². The van der Waals surface area contributed by atoms with Gasteiger partial charge in [0.25, 0.3) is 0 Å². The van der Waals surface area contributed by atoms with Gasteiger partial charge in [-0.05, 0) is 55.0 Å². The minimum absolute atomic E-state index is 0. The quantitative estimate of drug-likeness (QED) is 0.760. The second-order valence-corrected chi connectivity index (χ2v) is 4.84. The van der Waals surface area contributed by atoms with Crippen LogP contribution >= 0.6 is 24.8 Å². The number of piperidine rings is 1. The van der Waals surface area contributed by atoms with Crippen molar-refractivity contribution < 1.29 is 0 Å². The molecule has 1 atom stereocenters. The highest BCUT2D eigenvalue weighted by Crippen LogP contribution is 2.49. The molecule has 0 unspecified atom stereocenters. The lowest BCUT2D eigenvalue weighted by molar-refractivity contribution is 0.174. The average molecular weight is 276 g/mol. The Labute approximate surface area is 114 Å². The van der Waals surface area contributed by atoms with Crippen molar-refractivity contribution in [2.75, 3.05) is 13.1 Å². The average Bonchev–Trinajstić information content (AvgIpc) is 2.54. The number of pyridine rings is 1. The molecular weight excluding hydrogens is 257 g/mol. The van der Waals surface area contributed by atoms with Crippen LogP contribution in [0.15, 0.2) is 18.5 Å². The van der Waals surface area contributed by atoms with Crippen molar-refractivity contribution in [2.45, 2.75) is 25.3 Å². The summed E-state index contributed by atoms with van der Waals surface area (Å²) in [6.07, 6.45) is 7.38. The number of rotatable bonds is 0. The van der Waals surface area contributed by atoms with Crippen LogP contribution in [0.3, 0.4) is 0 Å². The van der Waals surface area contributed by atoms with Crippen molar-refractivity contribution in [1.29, 1.82) is 0 Å². The van der Waals surface area contributed by atoms with Gasteiger partial charge >= 0.3 is 0 Å². The molecule has 1 aromatic heterocycles. The van der Waals surface area contributed by atoms with Crippen LogP contribution in [0.1, 0.15) is 30.0 Å². The number of nitrogens with one attached hydrogen (secondary N) is 1. The van der Waals surface area contributed by atoms with E-state index in [4.69, 9.17) is 5.73 Å². The molecule has 2 heterocycles. The van der Waals surface area contributed by atoms with E-state index in [0.29, 0.717) is 5.41 Å². The van der Waals surface area contributed by atoms with E-state index in [0.717, 1.165) is 19.5 Å². The number of aromatic nitrogens is 1. The number of hydrogen-bond acceptors (Lipinski definition) is 3. The largest absolute Gasteiger partial charge is 0.323 e. The van der Waals surface area contributed by atoms with Gasteiger partial charge in [0, 0.05) is 18.4 Å². The van der Waals surface area contributed by atoms with E-state index in [1.807, 2.05) is 12.4 Å². The minimum Gasteiger partial charge on any atom is -0.323 e. The Kier molecular flexibility index (Phi) is 4.78. The SMILES string of the molecule is Cl.Cl.N[C@@H]1c2cnccc2CC12CCNCC2. The second-order valence-electron chi connectivity index (χ2n) is 4.84. The van der Waals surface area contributed by atoms with Crippen LogP contribution in [0.2, 0.25) is 0 Å². The van der Waals surface area contributed by atoms with Crippen LogP contribution in [-0.2, 0) is 6.42 Å². The Hall–Kier alpha value is -0.350. The monoisotopic (exact) mass is 275 g/mol. The smallest absolute Gasteiger partial charge is 0.0374 e. The molecule has 0 radical (unpaired) electrons. The van der Waals surface area contributed by atoms with E-state index in [9.17, 15) is 0 Å². The third kappa shape index (κ3) is 2.29. The lowest BCUT2D eigenvalue weighted by Crippen LogP contribution is -2.42. The lowest BCUT2D eigenvalue weighted by Gasteiger charge is -2.37. The first-order valence-electron chi connectivity index (χ1n) is 5.71. The summed E-state index contributed by atoms with van der Waals surface area (Å²) < 4.78 is 0. The fourth-order valence-corrected chi connectivity index (χ4v) is 3.11. The van der Waals surface area contributed by atoms with Gasteiger partial charge < -0.3 is 11.1 Å². The Balaban J connectivity index is 0.000000722. The van der Waals surface area contributed by atoms with Gasteiger partial charge in [0.05, 0.1) is 0 Å². The Morgan fingerprint density at radius 2 is 2.00 bits per heavy atom. The summed E-state index contributed by atoms with van der Waals surface area (Å²) >= 11 is 0. The number of hydrogen-bond donors (Lipinski definition) is 2. The summed E-state index contributed by atoms with van der Waals surface area (Å²) in [6.45, 7) is 2.21. The third-order valence-corrected chi connectivity index (χ3v) is 4.08. The van der Waals surface area contributed by atoms with Crippen molar-refractivity contribution in [2.24, 2.45) is 11.1 Å². The van der Waals surface area contributed by atoms with Crippen molar-refractivity contribution >= 4 is 24.8 Å². The molecule has 3 N–H and O–H groups in total. The fraction of sp³-hybridized carbons (Fsp3) is 0.583. The molecule has 1 aromatic rings. The van der Waals surface area contributed by atoms with Crippen molar-refractivity contribution in [3.63, 3.8) is 0 Å². The maximum absolute atomic E-state index is 6.39. The highest BCUT2D eigenvalue weighted by atomic mass is 35.5.